The molecule has 4 nitrogen and oxygen atoms in total. The first-order valence-corrected chi connectivity index (χ1v) is 7.62. The number of piperidine rings is 1. The van der Waals surface area contributed by atoms with Gasteiger partial charge in [0.15, 0.2) is 0 Å². The third-order valence-corrected chi connectivity index (χ3v) is 4.00. The van der Waals surface area contributed by atoms with Gasteiger partial charge in [-0.2, -0.15) is 0 Å². The number of carbonyl (C=O) groups is 2. The van der Waals surface area contributed by atoms with E-state index >= 15 is 0 Å². The van der Waals surface area contributed by atoms with Crippen LogP contribution in [0.1, 0.15) is 35.7 Å². The number of rotatable bonds is 3. The molecule has 1 amide bonds. The number of benzene rings is 1. The monoisotopic (exact) mass is 309 g/mol. The average molecular weight is 310 g/mol. The summed E-state index contributed by atoms with van der Waals surface area (Å²) in [6, 6.07) is 5.39. The summed E-state index contributed by atoms with van der Waals surface area (Å²) in [5.74, 6) is -0.564. The third kappa shape index (κ3) is 3.76. The molecule has 1 aliphatic rings. The van der Waals surface area contributed by atoms with Gasteiger partial charge in [0.2, 0.25) is 0 Å². The quantitative estimate of drug-likeness (QED) is 0.806. The van der Waals surface area contributed by atoms with E-state index in [1.807, 2.05) is 13.0 Å². The summed E-state index contributed by atoms with van der Waals surface area (Å²) in [6.07, 6.45) is 1.57. The summed E-state index contributed by atoms with van der Waals surface area (Å²) in [4.78, 5) is 26.1. The van der Waals surface area contributed by atoms with Crippen molar-refractivity contribution in [3.05, 3.63) is 34.3 Å². The van der Waals surface area contributed by atoms with Crippen molar-refractivity contribution in [3.63, 3.8) is 0 Å². The van der Waals surface area contributed by atoms with E-state index in [-0.39, 0.29) is 17.8 Å². The maximum absolute atomic E-state index is 12.5. The van der Waals surface area contributed by atoms with Crippen molar-refractivity contribution in [1.82, 2.24) is 4.90 Å². The van der Waals surface area contributed by atoms with Gasteiger partial charge in [-0.3, -0.25) is 9.59 Å². The van der Waals surface area contributed by atoms with Crippen LogP contribution in [0.2, 0.25) is 5.02 Å². The van der Waals surface area contributed by atoms with Crippen molar-refractivity contribution < 1.29 is 14.3 Å². The molecule has 0 bridgehead atoms. The fourth-order valence-corrected chi connectivity index (χ4v) is 2.89. The molecule has 1 aromatic carbocycles. The summed E-state index contributed by atoms with van der Waals surface area (Å²) in [5.41, 5.74) is 1.51. The second-order valence-electron chi connectivity index (χ2n) is 5.33. The first-order chi connectivity index (χ1) is 10.0. The molecule has 0 aliphatic carbocycles. The maximum Gasteiger partial charge on any atom is 0.310 e. The van der Waals surface area contributed by atoms with E-state index in [2.05, 4.69) is 0 Å². The van der Waals surface area contributed by atoms with E-state index in [4.69, 9.17) is 16.3 Å². The summed E-state index contributed by atoms with van der Waals surface area (Å²) in [7, 11) is 0. The third-order valence-electron chi connectivity index (χ3n) is 3.68. The molecule has 1 atom stereocenters. The fourth-order valence-electron chi connectivity index (χ4n) is 2.58. The maximum atomic E-state index is 12.5. The number of aryl methyl sites for hydroxylation is 1. The van der Waals surface area contributed by atoms with E-state index in [1.54, 1.807) is 24.0 Å². The number of likely N-dealkylation sites (tertiary alicyclic amines) is 1. The molecule has 0 spiro atoms. The highest BCUT2D eigenvalue weighted by atomic mass is 35.5. The molecule has 5 heteroatoms. The smallest absolute Gasteiger partial charge is 0.310 e. The predicted octanol–water partition coefficient (Wildman–Crippen LogP) is 3.06. The SMILES string of the molecule is CCOC(=O)[C@H]1CCCN(C(=O)c2ccc(C)cc2Cl)C1. The highest BCUT2D eigenvalue weighted by Gasteiger charge is 2.30. The minimum absolute atomic E-state index is 0.117. The minimum atomic E-state index is -0.230. The molecular formula is C16H20ClNO3. The van der Waals surface area contributed by atoms with E-state index in [1.165, 1.54) is 0 Å². The first kappa shape index (κ1) is 15.8. The van der Waals surface area contributed by atoms with E-state index in [9.17, 15) is 9.59 Å². The Labute approximate surface area is 130 Å². The zero-order valence-electron chi connectivity index (χ0n) is 12.4. The second kappa shape index (κ2) is 6.94. The van der Waals surface area contributed by atoms with Gasteiger partial charge in [-0.25, -0.2) is 0 Å². The molecule has 114 valence electrons. The van der Waals surface area contributed by atoms with E-state index in [0.717, 1.165) is 18.4 Å². The number of esters is 1. The molecule has 1 fully saturated rings. The Hall–Kier alpha value is -1.55. The van der Waals surface area contributed by atoms with Crippen molar-refractivity contribution in [2.75, 3.05) is 19.7 Å². The molecule has 2 rings (SSSR count). The van der Waals surface area contributed by atoms with Crippen LogP contribution in [0.25, 0.3) is 0 Å². The van der Waals surface area contributed by atoms with Gasteiger partial charge >= 0.3 is 5.97 Å². The zero-order valence-corrected chi connectivity index (χ0v) is 13.2. The van der Waals surface area contributed by atoms with Crippen LogP contribution >= 0.6 is 11.6 Å². The number of amides is 1. The summed E-state index contributed by atoms with van der Waals surface area (Å²) in [5, 5.41) is 0.457. The van der Waals surface area contributed by atoms with Crippen LogP contribution in [0, 0.1) is 12.8 Å². The number of ether oxygens (including phenoxy) is 1. The van der Waals surface area contributed by atoms with Gasteiger partial charge in [-0.05, 0) is 44.4 Å². The number of hydrogen-bond donors (Lipinski definition) is 0. The van der Waals surface area contributed by atoms with E-state index < -0.39 is 0 Å². The lowest BCUT2D eigenvalue weighted by molar-refractivity contribution is -0.149. The van der Waals surface area contributed by atoms with Crippen LogP contribution in [-0.4, -0.2) is 36.5 Å². The van der Waals surface area contributed by atoms with Crippen molar-refractivity contribution in [2.24, 2.45) is 5.92 Å². The van der Waals surface area contributed by atoms with Crippen molar-refractivity contribution in [2.45, 2.75) is 26.7 Å². The standard InChI is InChI=1S/C16H20ClNO3/c1-3-21-16(20)12-5-4-8-18(10-12)15(19)13-7-6-11(2)9-14(13)17/h6-7,9,12H,3-5,8,10H2,1-2H3/t12-/m0/s1. The Morgan fingerprint density at radius 3 is 2.86 bits per heavy atom. The van der Waals surface area contributed by atoms with Gasteiger partial charge in [0.05, 0.1) is 23.1 Å². The molecular weight excluding hydrogens is 290 g/mol. The summed E-state index contributed by atoms with van der Waals surface area (Å²) < 4.78 is 5.05. The second-order valence-corrected chi connectivity index (χ2v) is 5.73. The van der Waals surface area contributed by atoms with Crippen LogP contribution < -0.4 is 0 Å². The average Bonchev–Trinajstić information content (AvgIpc) is 2.47. The van der Waals surface area contributed by atoms with Crippen LogP contribution in [0.5, 0.6) is 0 Å². The molecule has 1 aliphatic heterocycles. The molecule has 0 N–H and O–H groups in total. The van der Waals surface area contributed by atoms with Crippen LogP contribution in [-0.2, 0) is 9.53 Å². The Morgan fingerprint density at radius 2 is 2.19 bits per heavy atom. The number of halogens is 1. The fraction of sp³-hybridized carbons (Fsp3) is 0.500. The summed E-state index contributed by atoms with van der Waals surface area (Å²) >= 11 is 6.15. The number of hydrogen-bond acceptors (Lipinski definition) is 3. The lowest BCUT2D eigenvalue weighted by atomic mass is 9.97. The number of carbonyl (C=O) groups excluding carboxylic acids is 2. The molecule has 1 heterocycles. The molecule has 0 radical (unpaired) electrons. The lowest BCUT2D eigenvalue weighted by Crippen LogP contribution is -2.42. The molecule has 0 saturated carbocycles. The van der Waals surface area contributed by atoms with Gasteiger partial charge < -0.3 is 9.64 Å². The highest BCUT2D eigenvalue weighted by Crippen LogP contribution is 2.23. The van der Waals surface area contributed by atoms with Gasteiger partial charge in [0, 0.05) is 13.1 Å². The molecule has 0 unspecified atom stereocenters. The zero-order chi connectivity index (χ0) is 15.4. The van der Waals surface area contributed by atoms with Crippen LogP contribution in [0.15, 0.2) is 18.2 Å². The predicted molar refractivity (Wildman–Crippen MR) is 81.4 cm³/mol. The van der Waals surface area contributed by atoms with Crippen molar-refractivity contribution in [1.29, 1.82) is 0 Å². The van der Waals surface area contributed by atoms with Gasteiger partial charge in [-0.15, -0.1) is 0 Å². The first-order valence-electron chi connectivity index (χ1n) is 7.25. The largest absolute Gasteiger partial charge is 0.466 e. The van der Waals surface area contributed by atoms with Gasteiger partial charge in [-0.1, -0.05) is 17.7 Å². The van der Waals surface area contributed by atoms with Gasteiger partial charge in [0.25, 0.3) is 5.91 Å². The highest BCUT2D eigenvalue weighted by molar-refractivity contribution is 6.33. The topological polar surface area (TPSA) is 46.6 Å². The molecule has 21 heavy (non-hydrogen) atoms. The number of nitrogens with zero attached hydrogens (tertiary/aromatic N) is 1. The minimum Gasteiger partial charge on any atom is -0.466 e. The van der Waals surface area contributed by atoms with Crippen molar-refractivity contribution >= 4 is 23.5 Å². The van der Waals surface area contributed by atoms with Crippen LogP contribution in [0.3, 0.4) is 0 Å². The summed E-state index contributed by atoms with van der Waals surface area (Å²) in [6.45, 7) is 5.14. The molecule has 1 saturated heterocycles. The molecule has 1 aromatic rings. The Balaban J connectivity index is 2.10. The van der Waals surface area contributed by atoms with Gasteiger partial charge in [0.1, 0.15) is 0 Å². The Morgan fingerprint density at radius 1 is 1.43 bits per heavy atom. The Kier molecular flexibility index (Phi) is 5.23. The van der Waals surface area contributed by atoms with Crippen molar-refractivity contribution in [3.8, 4) is 0 Å². The molecule has 0 aromatic heterocycles. The van der Waals surface area contributed by atoms with Crippen LogP contribution in [0.4, 0.5) is 0 Å². The van der Waals surface area contributed by atoms with E-state index in [0.29, 0.717) is 30.3 Å². The Bertz CT molecular complexity index is 544. The lowest BCUT2D eigenvalue weighted by Gasteiger charge is -2.31. The normalized spacial score (nSPS) is 18.4.